The maximum Gasteiger partial charge on any atom is 0.225 e. The van der Waals surface area contributed by atoms with Crippen LogP contribution in [0.1, 0.15) is 12.0 Å². The number of nitrogens with one attached hydrogen (secondary N) is 1. The van der Waals surface area contributed by atoms with Gasteiger partial charge in [0.25, 0.3) is 0 Å². The van der Waals surface area contributed by atoms with E-state index in [-0.39, 0.29) is 30.4 Å². The molecule has 0 aliphatic carbocycles. The number of carbonyl (C=O) groups excluding carboxylic acids is 1. The Morgan fingerprint density at radius 2 is 1.90 bits per heavy atom. The van der Waals surface area contributed by atoms with Crippen molar-refractivity contribution in [1.82, 2.24) is 0 Å². The van der Waals surface area contributed by atoms with Crippen LogP contribution in [0.5, 0.6) is 0 Å². The van der Waals surface area contributed by atoms with Gasteiger partial charge in [0, 0.05) is 25.8 Å². The Bertz CT molecular complexity index is 526. The van der Waals surface area contributed by atoms with Crippen LogP contribution < -0.4 is 11.1 Å². The van der Waals surface area contributed by atoms with E-state index in [9.17, 15) is 13.2 Å². The lowest BCUT2D eigenvalue weighted by Crippen LogP contribution is -2.20. The Balaban J connectivity index is 2.43. The van der Waals surface area contributed by atoms with Gasteiger partial charge in [-0.25, -0.2) is 8.42 Å². The smallest absolute Gasteiger partial charge is 0.225 e. The zero-order chi connectivity index (χ0) is 15.0. The van der Waals surface area contributed by atoms with Gasteiger partial charge in [0.15, 0.2) is 9.84 Å². The van der Waals surface area contributed by atoms with Crippen molar-refractivity contribution < 1.29 is 17.9 Å². The minimum Gasteiger partial charge on any atom is -0.384 e. The molecule has 0 saturated heterocycles. The summed E-state index contributed by atoms with van der Waals surface area (Å²) < 4.78 is 27.8. The van der Waals surface area contributed by atoms with Crippen LogP contribution in [0.15, 0.2) is 24.3 Å². The van der Waals surface area contributed by atoms with Gasteiger partial charge in [0.2, 0.25) is 5.91 Å². The topological polar surface area (TPSA) is 98.5 Å². The maximum absolute atomic E-state index is 11.7. The van der Waals surface area contributed by atoms with Gasteiger partial charge in [-0.3, -0.25) is 4.79 Å². The SMILES string of the molecule is COCCS(=O)(=O)CCC(=O)Nc1ccc(CN)cc1. The van der Waals surface area contributed by atoms with E-state index in [0.717, 1.165) is 5.56 Å². The molecular weight excluding hydrogens is 280 g/mol. The highest BCUT2D eigenvalue weighted by Crippen LogP contribution is 2.09. The van der Waals surface area contributed by atoms with E-state index in [1.54, 1.807) is 12.1 Å². The highest BCUT2D eigenvalue weighted by atomic mass is 32.2. The van der Waals surface area contributed by atoms with Gasteiger partial charge in [0.05, 0.1) is 18.1 Å². The molecule has 0 bridgehead atoms. The minimum atomic E-state index is -3.24. The molecule has 20 heavy (non-hydrogen) atoms. The lowest BCUT2D eigenvalue weighted by atomic mass is 10.2. The van der Waals surface area contributed by atoms with Crippen LogP contribution >= 0.6 is 0 Å². The van der Waals surface area contributed by atoms with E-state index in [4.69, 9.17) is 10.5 Å². The van der Waals surface area contributed by atoms with Crippen molar-refractivity contribution in [3.63, 3.8) is 0 Å². The summed E-state index contributed by atoms with van der Waals surface area (Å²) in [5.41, 5.74) is 7.06. The van der Waals surface area contributed by atoms with Crippen LogP contribution in [-0.2, 0) is 25.9 Å². The molecule has 0 fully saturated rings. The first-order chi connectivity index (χ1) is 9.46. The van der Waals surface area contributed by atoms with Crippen molar-refractivity contribution >= 4 is 21.4 Å². The van der Waals surface area contributed by atoms with Crippen molar-refractivity contribution in [3.8, 4) is 0 Å². The van der Waals surface area contributed by atoms with E-state index in [0.29, 0.717) is 12.2 Å². The Morgan fingerprint density at radius 1 is 1.25 bits per heavy atom. The zero-order valence-corrected chi connectivity index (χ0v) is 12.3. The fourth-order valence-corrected chi connectivity index (χ4v) is 2.63. The molecule has 0 saturated carbocycles. The second kappa shape index (κ2) is 7.98. The molecule has 0 aliphatic heterocycles. The van der Waals surface area contributed by atoms with E-state index in [1.165, 1.54) is 7.11 Å². The number of benzene rings is 1. The highest BCUT2D eigenvalue weighted by molar-refractivity contribution is 7.91. The number of carbonyl (C=O) groups is 1. The zero-order valence-electron chi connectivity index (χ0n) is 11.5. The summed E-state index contributed by atoms with van der Waals surface area (Å²) >= 11 is 0. The number of sulfone groups is 1. The summed E-state index contributed by atoms with van der Waals surface area (Å²) in [5, 5.41) is 2.65. The largest absolute Gasteiger partial charge is 0.384 e. The molecule has 7 heteroatoms. The summed E-state index contributed by atoms with van der Waals surface area (Å²) in [6, 6.07) is 7.09. The number of methoxy groups -OCH3 is 1. The van der Waals surface area contributed by atoms with Crippen LogP contribution in [0.2, 0.25) is 0 Å². The van der Waals surface area contributed by atoms with Gasteiger partial charge in [-0.15, -0.1) is 0 Å². The van der Waals surface area contributed by atoms with E-state index in [1.807, 2.05) is 12.1 Å². The fraction of sp³-hybridized carbons (Fsp3) is 0.462. The molecule has 112 valence electrons. The molecule has 1 aromatic carbocycles. The van der Waals surface area contributed by atoms with E-state index >= 15 is 0 Å². The van der Waals surface area contributed by atoms with Crippen molar-refractivity contribution in [2.24, 2.45) is 5.73 Å². The maximum atomic E-state index is 11.7. The second-order valence-corrected chi connectivity index (χ2v) is 6.65. The normalized spacial score (nSPS) is 11.3. The van der Waals surface area contributed by atoms with Crippen molar-refractivity contribution in [3.05, 3.63) is 29.8 Å². The average molecular weight is 300 g/mol. The molecule has 3 N–H and O–H groups in total. The number of nitrogens with two attached hydrogens (primary N) is 1. The van der Waals surface area contributed by atoms with Crippen LogP contribution in [0.4, 0.5) is 5.69 Å². The summed E-state index contributed by atoms with van der Waals surface area (Å²) in [6.07, 6.45) is -0.0648. The first-order valence-electron chi connectivity index (χ1n) is 6.25. The first-order valence-corrected chi connectivity index (χ1v) is 8.07. The lowest BCUT2D eigenvalue weighted by molar-refractivity contribution is -0.115. The Hall–Kier alpha value is -1.44. The number of ether oxygens (including phenoxy) is 1. The molecule has 0 radical (unpaired) electrons. The molecule has 0 aliphatic rings. The summed E-state index contributed by atoms with van der Waals surface area (Å²) in [4.78, 5) is 11.7. The van der Waals surface area contributed by atoms with Gasteiger partial charge in [-0.2, -0.15) is 0 Å². The first kappa shape index (κ1) is 16.6. The monoisotopic (exact) mass is 300 g/mol. The third-order valence-electron chi connectivity index (χ3n) is 2.71. The number of anilines is 1. The fourth-order valence-electron chi connectivity index (χ4n) is 1.51. The molecule has 1 amide bonds. The summed E-state index contributed by atoms with van der Waals surface area (Å²) in [5.74, 6) is -0.572. The van der Waals surface area contributed by atoms with Crippen molar-refractivity contribution in [1.29, 1.82) is 0 Å². The van der Waals surface area contributed by atoms with Crippen LogP contribution in [0.25, 0.3) is 0 Å². The molecule has 0 atom stereocenters. The van der Waals surface area contributed by atoms with E-state index in [2.05, 4.69) is 5.32 Å². The third kappa shape index (κ3) is 6.14. The predicted octanol–water partition coefficient (Wildman–Crippen LogP) is 0.535. The summed E-state index contributed by atoms with van der Waals surface area (Å²) in [7, 11) is -1.81. The molecule has 0 heterocycles. The van der Waals surface area contributed by atoms with Gasteiger partial charge in [-0.05, 0) is 17.7 Å². The van der Waals surface area contributed by atoms with Crippen LogP contribution in [0, 0.1) is 0 Å². The molecule has 6 nitrogen and oxygen atoms in total. The molecule has 1 rings (SSSR count). The summed E-state index contributed by atoms with van der Waals surface area (Å²) in [6.45, 7) is 0.580. The number of amides is 1. The van der Waals surface area contributed by atoms with Gasteiger partial charge >= 0.3 is 0 Å². The highest BCUT2D eigenvalue weighted by Gasteiger charge is 2.13. The standard InChI is InChI=1S/C13H20N2O4S/c1-19-7-9-20(17,18)8-6-13(16)15-12-4-2-11(10-14)3-5-12/h2-5H,6-10,14H2,1H3,(H,15,16). The van der Waals surface area contributed by atoms with Gasteiger partial charge < -0.3 is 15.8 Å². The molecular formula is C13H20N2O4S. The number of rotatable bonds is 8. The third-order valence-corrected chi connectivity index (χ3v) is 4.33. The quantitative estimate of drug-likeness (QED) is 0.730. The van der Waals surface area contributed by atoms with Crippen molar-refractivity contribution in [2.75, 3.05) is 30.5 Å². The van der Waals surface area contributed by atoms with Crippen LogP contribution in [0.3, 0.4) is 0 Å². The molecule has 0 spiro atoms. The molecule has 0 aromatic heterocycles. The number of hydrogen-bond acceptors (Lipinski definition) is 5. The van der Waals surface area contributed by atoms with Crippen molar-refractivity contribution in [2.45, 2.75) is 13.0 Å². The minimum absolute atomic E-state index is 0.0648. The Kier molecular flexibility index (Phi) is 6.63. The van der Waals surface area contributed by atoms with Crippen LogP contribution in [-0.4, -0.2) is 39.5 Å². The van der Waals surface area contributed by atoms with Gasteiger partial charge in [0.1, 0.15) is 0 Å². The number of hydrogen-bond donors (Lipinski definition) is 2. The Labute approximate surface area is 119 Å². The average Bonchev–Trinajstić information content (AvgIpc) is 2.44. The lowest BCUT2D eigenvalue weighted by Gasteiger charge is -2.06. The van der Waals surface area contributed by atoms with Gasteiger partial charge in [-0.1, -0.05) is 12.1 Å². The predicted molar refractivity (Wildman–Crippen MR) is 78.1 cm³/mol. The van der Waals surface area contributed by atoms with E-state index < -0.39 is 9.84 Å². The second-order valence-electron chi connectivity index (χ2n) is 4.34. The Morgan fingerprint density at radius 3 is 2.45 bits per heavy atom. The molecule has 0 unspecified atom stereocenters. The molecule has 1 aromatic rings.